The van der Waals surface area contributed by atoms with Crippen molar-refractivity contribution in [1.29, 1.82) is 0 Å². The highest BCUT2D eigenvalue weighted by molar-refractivity contribution is 5.18. The Hall–Kier alpha value is -0.300. The molecule has 5 unspecified atom stereocenters. The fraction of sp³-hybridized carbons (Fsp3) is 0.800. The maximum absolute atomic E-state index is 9.04. The van der Waals surface area contributed by atoms with E-state index >= 15 is 0 Å². The van der Waals surface area contributed by atoms with Crippen LogP contribution in [0.5, 0.6) is 0 Å². The van der Waals surface area contributed by atoms with Crippen molar-refractivity contribution < 1.29 is 5.11 Å². The van der Waals surface area contributed by atoms with Gasteiger partial charge in [-0.1, -0.05) is 12.2 Å². The molecule has 2 bridgehead atoms. The van der Waals surface area contributed by atoms with Crippen molar-refractivity contribution in [2.75, 3.05) is 6.61 Å². The van der Waals surface area contributed by atoms with Gasteiger partial charge in [-0.25, -0.2) is 0 Å². The van der Waals surface area contributed by atoms with Gasteiger partial charge in [-0.05, 0) is 42.4 Å². The van der Waals surface area contributed by atoms with E-state index < -0.39 is 0 Å². The molecule has 5 atom stereocenters. The quantitative estimate of drug-likeness (QED) is 0.561. The standard InChI is InChI=1S/C10H14O/c11-5-8-4-9-6-1-2-7(3-6)10(8)9/h1-2,6-11H,3-5H2. The first-order chi connectivity index (χ1) is 5.40. The first kappa shape index (κ1) is 6.24. The van der Waals surface area contributed by atoms with Crippen molar-refractivity contribution in [2.45, 2.75) is 12.8 Å². The maximum atomic E-state index is 9.04. The van der Waals surface area contributed by atoms with Crippen LogP contribution in [-0.2, 0) is 0 Å². The summed E-state index contributed by atoms with van der Waals surface area (Å²) < 4.78 is 0. The molecule has 2 saturated carbocycles. The fourth-order valence-corrected chi connectivity index (χ4v) is 3.50. The Labute approximate surface area is 67.1 Å². The van der Waals surface area contributed by atoms with E-state index in [-0.39, 0.29) is 0 Å². The van der Waals surface area contributed by atoms with Crippen molar-refractivity contribution >= 4 is 0 Å². The molecule has 0 heterocycles. The number of hydrogen-bond acceptors (Lipinski definition) is 1. The fourth-order valence-electron chi connectivity index (χ4n) is 3.50. The predicted molar refractivity (Wildman–Crippen MR) is 42.9 cm³/mol. The second-order valence-corrected chi connectivity index (χ2v) is 4.37. The van der Waals surface area contributed by atoms with Gasteiger partial charge in [0.2, 0.25) is 0 Å². The van der Waals surface area contributed by atoms with Gasteiger partial charge >= 0.3 is 0 Å². The van der Waals surface area contributed by atoms with Crippen molar-refractivity contribution in [3.63, 3.8) is 0 Å². The molecule has 0 amide bonds. The molecule has 0 aromatic heterocycles. The minimum atomic E-state index is 0.429. The molecule has 0 spiro atoms. The molecule has 0 radical (unpaired) electrons. The summed E-state index contributed by atoms with van der Waals surface area (Å²) >= 11 is 0. The second kappa shape index (κ2) is 1.89. The van der Waals surface area contributed by atoms with Crippen LogP contribution in [0.15, 0.2) is 12.2 Å². The van der Waals surface area contributed by atoms with Gasteiger partial charge in [0, 0.05) is 6.61 Å². The lowest BCUT2D eigenvalue weighted by Gasteiger charge is -2.45. The molecule has 2 fully saturated rings. The number of aliphatic hydroxyl groups is 1. The number of aliphatic hydroxyl groups excluding tert-OH is 1. The van der Waals surface area contributed by atoms with Gasteiger partial charge in [0.05, 0.1) is 0 Å². The molecule has 3 rings (SSSR count). The third kappa shape index (κ3) is 0.610. The van der Waals surface area contributed by atoms with Crippen molar-refractivity contribution in [3.05, 3.63) is 12.2 Å². The molecule has 3 aliphatic rings. The maximum Gasteiger partial charge on any atom is 0.0462 e. The van der Waals surface area contributed by atoms with E-state index in [1.165, 1.54) is 12.8 Å². The first-order valence-electron chi connectivity index (χ1n) is 4.69. The van der Waals surface area contributed by atoms with Crippen molar-refractivity contribution in [3.8, 4) is 0 Å². The normalized spacial score (nSPS) is 57.7. The lowest BCUT2D eigenvalue weighted by Crippen LogP contribution is -2.41. The second-order valence-electron chi connectivity index (χ2n) is 4.37. The average Bonchev–Trinajstić information content (AvgIpc) is 2.43. The predicted octanol–water partition coefficient (Wildman–Crippen LogP) is 1.44. The van der Waals surface area contributed by atoms with Gasteiger partial charge in [-0.15, -0.1) is 0 Å². The van der Waals surface area contributed by atoms with Crippen molar-refractivity contribution in [2.24, 2.45) is 29.6 Å². The highest BCUT2D eigenvalue weighted by atomic mass is 16.3. The number of allylic oxidation sites excluding steroid dienone is 2. The third-order valence-electron chi connectivity index (χ3n) is 4.04. The van der Waals surface area contributed by atoms with E-state index in [9.17, 15) is 0 Å². The molecule has 60 valence electrons. The molecule has 0 aromatic rings. The van der Waals surface area contributed by atoms with Crippen LogP contribution < -0.4 is 0 Å². The van der Waals surface area contributed by atoms with E-state index in [2.05, 4.69) is 12.2 Å². The molecule has 1 heteroatoms. The molecule has 1 N–H and O–H groups in total. The van der Waals surface area contributed by atoms with E-state index in [1.54, 1.807) is 0 Å². The zero-order valence-electron chi connectivity index (χ0n) is 6.61. The average molecular weight is 150 g/mol. The van der Waals surface area contributed by atoms with Gasteiger partial charge in [-0.2, -0.15) is 0 Å². The lowest BCUT2D eigenvalue weighted by atomic mass is 9.61. The summed E-state index contributed by atoms with van der Waals surface area (Å²) in [5.41, 5.74) is 0. The Bertz CT molecular complexity index is 209. The third-order valence-corrected chi connectivity index (χ3v) is 4.04. The molecule has 0 saturated heterocycles. The van der Waals surface area contributed by atoms with Crippen LogP contribution in [0.3, 0.4) is 0 Å². The smallest absolute Gasteiger partial charge is 0.0462 e. The zero-order valence-corrected chi connectivity index (χ0v) is 6.61. The van der Waals surface area contributed by atoms with Crippen LogP contribution in [0.25, 0.3) is 0 Å². The van der Waals surface area contributed by atoms with E-state index in [0.717, 1.165) is 23.7 Å². The number of rotatable bonds is 1. The largest absolute Gasteiger partial charge is 0.396 e. The first-order valence-corrected chi connectivity index (χ1v) is 4.69. The monoisotopic (exact) mass is 150 g/mol. The van der Waals surface area contributed by atoms with E-state index in [1.807, 2.05) is 0 Å². The minimum absolute atomic E-state index is 0.429. The molecular weight excluding hydrogens is 136 g/mol. The Morgan fingerprint density at radius 2 is 2.00 bits per heavy atom. The Balaban J connectivity index is 1.86. The molecule has 3 aliphatic carbocycles. The summed E-state index contributed by atoms with van der Waals surface area (Å²) in [5.74, 6) is 4.22. The van der Waals surface area contributed by atoms with Gasteiger partial charge in [0.25, 0.3) is 0 Å². The van der Waals surface area contributed by atoms with Crippen LogP contribution >= 0.6 is 0 Å². The van der Waals surface area contributed by atoms with Crippen LogP contribution in [-0.4, -0.2) is 11.7 Å². The van der Waals surface area contributed by atoms with Crippen LogP contribution in [0, 0.1) is 29.6 Å². The van der Waals surface area contributed by atoms with Crippen LogP contribution in [0.2, 0.25) is 0 Å². The number of fused-ring (bicyclic) bond motifs is 5. The Morgan fingerprint density at radius 1 is 1.18 bits per heavy atom. The Kier molecular flexibility index (Phi) is 1.07. The molecule has 0 aliphatic heterocycles. The summed E-state index contributed by atoms with van der Waals surface area (Å²) in [4.78, 5) is 0. The Morgan fingerprint density at radius 3 is 2.73 bits per heavy atom. The molecule has 11 heavy (non-hydrogen) atoms. The molecular formula is C10H14O. The highest BCUT2D eigenvalue weighted by Gasteiger charge is 2.54. The zero-order chi connectivity index (χ0) is 7.42. The topological polar surface area (TPSA) is 20.2 Å². The summed E-state index contributed by atoms with van der Waals surface area (Å²) in [6.45, 7) is 0.429. The van der Waals surface area contributed by atoms with Gasteiger partial charge in [-0.3, -0.25) is 0 Å². The molecule has 1 nitrogen and oxygen atoms in total. The van der Waals surface area contributed by atoms with Crippen molar-refractivity contribution in [1.82, 2.24) is 0 Å². The lowest BCUT2D eigenvalue weighted by molar-refractivity contribution is 0.0158. The highest BCUT2D eigenvalue weighted by Crippen LogP contribution is 2.60. The summed E-state index contributed by atoms with van der Waals surface area (Å²) in [6, 6.07) is 0. The molecule has 0 aromatic carbocycles. The van der Waals surface area contributed by atoms with Crippen LogP contribution in [0.4, 0.5) is 0 Å². The van der Waals surface area contributed by atoms with E-state index in [0.29, 0.717) is 12.5 Å². The minimum Gasteiger partial charge on any atom is -0.396 e. The number of hydrogen-bond donors (Lipinski definition) is 1. The van der Waals surface area contributed by atoms with Gasteiger partial charge < -0.3 is 5.11 Å². The van der Waals surface area contributed by atoms with Gasteiger partial charge in [0.1, 0.15) is 0 Å². The van der Waals surface area contributed by atoms with Gasteiger partial charge in [0.15, 0.2) is 0 Å². The van der Waals surface area contributed by atoms with Crippen LogP contribution in [0.1, 0.15) is 12.8 Å². The summed E-state index contributed by atoms with van der Waals surface area (Å²) in [5, 5.41) is 9.04. The summed E-state index contributed by atoms with van der Waals surface area (Å²) in [6.07, 6.45) is 7.48. The van der Waals surface area contributed by atoms with E-state index in [4.69, 9.17) is 5.11 Å². The SMILES string of the molecule is OCC1CC2C3C=CC(C3)C12. The summed E-state index contributed by atoms with van der Waals surface area (Å²) in [7, 11) is 0.